The van der Waals surface area contributed by atoms with Crippen molar-refractivity contribution in [3.8, 4) is 0 Å². The summed E-state index contributed by atoms with van der Waals surface area (Å²) in [7, 11) is -1.30. The van der Waals surface area contributed by atoms with E-state index in [4.69, 9.17) is 4.74 Å². The van der Waals surface area contributed by atoms with Crippen molar-refractivity contribution in [3.63, 3.8) is 0 Å². The summed E-state index contributed by atoms with van der Waals surface area (Å²) in [5, 5.41) is 18.9. The van der Waals surface area contributed by atoms with Crippen LogP contribution in [0.15, 0.2) is 29.1 Å². The smallest absolute Gasteiger partial charge is 0.309 e. The van der Waals surface area contributed by atoms with Crippen molar-refractivity contribution in [3.05, 3.63) is 34.6 Å². The van der Waals surface area contributed by atoms with Crippen molar-refractivity contribution < 1.29 is 14.6 Å². The van der Waals surface area contributed by atoms with Gasteiger partial charge in [-0.25, -0.2) is 4.68 Å². The predicted molar refractivity (Wildman–Crippen MR) is 114 cm³/mol. The molecule has 0 spiro atoms. The van der Waals surface area contributed by atoms with Crippen LogP contribution < -0.4 is 5.56 Å². The first-order valence-electron chi connectivity index (χ1n) is 10.3. The molecule has 0 amide bonds. The monoisotopic (exact) mass is 417 g/mol. The van der Waals surface area contributed by atoms with Gasteiger partial charge in [-0.1, -0.05) is 37.0 Å². The molecule has 0 saturated heterocycles. The summed E-state index contributed by atoms with van der Waals surface area (Å²) >= 11 is 0. The van der Waals surface area contributed by atoms with Crippen LogP contribution in [0.5, 0.6) is 0 Å². The number of hydrogen-bond acceptors (Lipinski definition) is 6. The first kappa shape index (κ1) is 21.6. The molecule has 8 heteroatoms. The molecular formula is C21H31N3O4Si. The molecule has 158 valence electrons. The highest BCUT2D eigenvalue weighted by atomic mass is 28.3. The lowest BCUT2D eigenvalue weighted by atomic mass is 9.86. The maximum atomic E-state index is 12.9. The zero-order valence-electron chi connectivity index (χ0n) is 17.7. The van der Waals surface area contributed by atoms with Crippen molar-refractivity contribution in [2.75, 3.05) is 6.61 Å². The minimum Gasteiger partial charge on any atom is -0.466 e. The second-order valence-electron chi connectivity index (χ2n) is 9.34. The number of carbonyl (C=O) groups excluding carboxylic acids is 1. The van der Waals surface area contributed by atoms with Gasteiger partial charge in [-0.15, -0.1) is 5.10 Å². The molecule has 1 aliphatic carbocycles. The molecule has 1 fully saturated rings. The number of aromatic nitrogens is 3. The number of rotatable bonds is 7. The van der Waals surface area contributed by atoms with Crippen LogP contribution in [-0.4, -0.2) is 46.9 Å². The Bertz CT molecular complexity index is 922. The SMILES string of the molecule is CC(O)C1CCC(Cn2nnc3ccccc3c2=O)C1C(=O)OCC[Si](C)(C)C. The Balaban J connectivity index is 1.79. The average molecular weight is 418 g/mol. The van der Waals surface area contributed by atoms with Crippen LogP contribution in [0.25, 0.3) is 10.9 Å². The van der Waals surface area contributed by atoms with Gasteiger partial charge in [0.2, 0.25) is 0 Å². The van der Waals surface area contributed by atoms with E-state index in [1.165, 1.54) is 4.68 Å². The molecule has 1 aromatic carbocycles. The van der Waals surface area contributed by atoms with Crippen molar-refractivity contribution >= 4 is 24.9 Å². The highest BCUT2D eigenvalue weighted by Crippen LogP contribution is 2.40. The number of benzene rings is 1. The molecule has 1 heterocycles. The van der Waals surface area contributed by atoms with Gasteiger partial charge in [-0.05, 0) is 49.8 Å². The molecule has 7 nitrogen and oxygen atoms in total. The van der Waals surface area contributed by atoms with E-state index >= 15 is 0 Å². The normalized spacial score (nSPS) is 23.3. The third-order valence-corrected chi connectivity index (χ3v) is 7.57. The number of hydrogen-bond donors (Lipinski definition) is 1. The summed E-state index contributed by atoms with van der Waals surface area (Å²) in [6, 6.07) is 8.01. The van der Waals surface area contributed by atoms with Crippen LogP contribution in [0, 0.1) is 17.8 Å². The molecular weight excluding hydrogens is 386 g/mol. The van der Waals surface area contributed by atoms with Gasteiger partial charge in [-0.3, -0.25) is 9.59 Å². The first-order valence-corrected chi connectivity index (χ1v) is 14.1. The zero-order valence-corrected chi connectivity index (χ0v) is 18.7. The van der Waals surface area contributed by atoms with E-state index in [-0.39, 0.29) is 23.4 Å². The molecule has 0 radical (unpaired) electrons. The fourth-order valence-electron chi connectivity index (χ4n) is 4.15. The van der Waals surface area contributed by atoms with Gasteiger partial charge < -0.3 is 9.84 Å². The van der Waals surface area contributed by atoms with E-state index in [2.05, 4.69) is 30.0 Å². The first-order chi connectivity index (χ1) is 13.7. The van der Waals surface area contributed by atoms with E-state index in [0.29, 0.717) is 24.1 Å². The van der Waals surface area contributed by atoms with Crippen molar-refractivity contribution in [1.29, 1.82) is 0 Å². The van der Waals surface area contributed by atoms with E-state index in [0.717, 1.165) is 18.9 Å². The second kappa shape index (κ2) is 8.75. The molecule has 1 aromatic heterocycles. The Morgan fingerprint density at radius 3 is 2.72 bits per heavy atom. The minimum absolute atomic E-state index is 0.109. The molecule has 1 N–H and O–H groups in total. The molecule has 4 atom stereocenters. The molecule has 29 heavy (non-hydrogen) atoms. The maximum Gasteiger partial charge on any atom is 0.309 e. The van der Waals surface area contributed by atoms with Gasteiger partial charge in [-0.2, -0.15) is 0 Å². The third-order valence-electron chi connectivity index (χ3n) is 5.86. The minimum atomic E-state index is -1.30. The van der Waals surface area contributed by atoms with Gasteiger partial charge in [0.05, 0.1) is 30.6 Å². The molecule has 1 saturated carbocycles. The molecule has 2 aromatic rings. The Labute approximate surface area is 172 Å². The molecule has 1 aliphatic rings. The lowest BCUT2D eigenvalue weighted by Gasteiger charge is -2.26. The lowest BCUT2D eigenvalue weighted by Crippen LogP contribution is -2.36. The van der Waals surface area contributed by atoms with Gasteiger partial charge in [0.25, 0.3) is 5.56 Å². The van der Waals surface area contributed by atoms with Crippen molar-refractivity contribution in [2.24, 2.45) is 17.8 Å². The number of ether oxygens (including phenoxy) is 1. The standard InChI is InChI=1S/C21H31N3O4Si/c1-14(25)16-10-9-15(19(16)21(27)28-11-12-29(2,3)4)13-24-20(26)17-7-5-6-8-18(17)22-23-24/h5-8,14-16,19,25H,9-13H2,1-4H3. The topological polar surface area (TPSA) is 94.3 Å². The number of aliphatic hydroxyl groups excluding tert-OH is 1. The summed E-state index contributed by atoms with van der Waals surface area (Å²) < 4.78 is 6.96. The number of aliphatic hydroxyl groups is 1. The van der Waals surface area contributed by atoms with E-state index in [9.17, 15) is 14.7 Å². The Kier molecular flexibility index (Phi) is 6.53. The number of fused-ring (bicyclic) bond motifs is 1. The highest BCUT2D eigenvalue weighted by molar-refractivity contribution is 6.76. The van der Waals surface area contributed by atoms with Crippen LogP contribution in [-0.2, 0) is 16.1 Å². The molecule has 3 rings (SSSR count). The van der Waals surface area contributed by atoms with Crippen LogP contribution in [0.1, 0.15) is 19.8 Å². The van der Waals surface area contributed by atoms with E-state index < -0.39 is 20.1 Å². The summed E-state index contributed by atoms with van der Waals surface area (Å²) in [5.74, 6) is -0.971. The van der Waals surface area contributed by atoms with E-state index in [1.54, 1.807) is 25.1 Å². The van der Waals surface area contributed by atoms with Crippen LogP contribution in [0.4, 0.5) is 0 Å². The number of esters is 1. The number of nitrogens with zero attached hydrogens (tertiary/aromatic N) is 3. The summed E-state index contributed by atoms with van der Waals surface area (Å²) in [6.45, 7) is 9.15. The summed E-state index contributed by atoms with van der Waals surface area (Å²) in [5.41, 5.74) is 0.353. The fourth-order valence-corrected chi connectivity index (χ4v) is 4.86. The molecule has 4 unspecified atom stereocenters. The Morgan fingerprint density at radius 2 is 2.03 bits per heavy atom. The fraction of sp³-hybridized carbons (Fsp3) is 0.619. The largest absolute Gasteiger partial charge is 0.466 e. The summed E-state index contributed by atoms with van der Waals surface area (Å²) in [4.78, 5) is 25.7. The molecule has 0 aliphatic heterocycles. The highest BCUT2D eigenvalue weighted by Gasteiger charge is 2.44. The van der Waals surface area contributed by atoms with Gasteiger partial charge >= 0.3 is 5.97 Å². The van der Waals surface area contributed by atoms with Crippen LogP contribution in [0.3, 0.4) is 0 Å². The third kappa shape index (κ3) is 5.11. The Hall–Kier alpha value is -2.06. The Morgan fingerprint density at radius 1 is 1.31 bits per heavy atom. The second-order valence-corrected chi connectivity index (χ2v) is 15.0. The zero-order chi connectivity index (χ0) is 21.2. The van der Waals surface area contributed by atoms with E-state index in [1.807, 2.05) is 6.07 Å². The maximum absolute atomic E-state index is 12.9. The van der Waals surface area contributed by atoms with Crippen molar-refractivity contribution in [2.45, 2.75) is 58.1 Å². The predicted octanol–water partition coefficient (Wildman–Crippen LogP) is 2.70. The van der Waals surface area contributed by atoms with Gasteiger partial charge in [0.1, 0.15) is 5.52 Å². The molecule has 0 bridgehead atoms. The van der Waals surface area contributed by atoms with Crippen LogP contribution >= 0.6 is 0 Å². The van der Waals surface area contributed by atoms with Gasteiger partial charge in [0.15, 0.2) is 0 Å². The van der Waals surface area contributed by atoms with Gasteiger partial charge in [0, 0.05) is 8.07 Å². The lowest BCUT2D eigenvalue weighted by molar-refractivity contribution is -0.152. The average Bonchev–Trinajstić information content (AvgIpc) is 3.07. The van der Waals surface area contributed by atoms with Crippen molar-refractivity contribution in [1.82, 2.24) is 15.0 Å². The van der Waals surface area contributed by atoms with Crippen LogP contribution in [0.2, 0.25) is 25.7 Å². The summed E-state index contributed by atoms with van der Waals surface area (Å²) in [6.07, 6.45) is 0.866. The quantitative estimate of drug-likeness (QED) is 0.550. The number of carbonyl (C=O) groups is 1.